The summed E-state index contributed by atoms with van der Waals surface area (Å²) in [6.07, 6.45) is 0.849. The molecule has 0 fully saturated rings. The van der Waals surface area contributed by atoms with Crippen LogP contribution < -0.4 is 5.06 Å². The van der Waals surface area contributed by atoms with Crippen molar-refractivity contribution in [3.63, 3.8) is 0 Å². The van der Waals surface area contributed by atoms with Gasteiger partial charge in [-0.3, -0.25) is 10.6 Å². The Morgan fingerprint density at radius 1 is 1.54 bits per heavy atom. The molecular weight excluding hydrogens is 186 g/mol. The second kappa shape index (κ2) is 3.12. The van der Waals surface area contributed by atoms with Gasteiger partial charge >= 0.3 is 0 Å². The topological polar surface area (TPSA) is 60.2 Å². The molecule has 4 nitrogen and oxygen atoms in total. The third-order valence-electron chi connectivity index (χ3n) is 1.70. The molecule has 1 heterocycles. The van der Waals surface area contributed by atoms with Gasteiger partial charge < -0.3 is 0 Å². The highest BCUT2D eigenvalue weighted by Gasteiger charge is 2.01. The van der Waals surface area contributed by atoms with Gasteiger partial charge in [0.15, 0.2) is 0 Å². The van der Waals surface area contributed by atoms with Crippen LogP contribution in [-0.2, 0) is 0 Å². The zero-order valence-corrected chi connectivity index (χ0v) is 7.45. The molecule has 0 aliphatic heterocycles. The Bertz CT molecular complexity index is 440. The average Bonchev–Trinajstić information content (AvgIpc) is 2.63. The van der Waals surface area contributed by atoms with Crippen LogP contribution in [0.5, 0.6) is 0 Å². The molecule has 1 aromatic heterocycles. The summed E-state index contributed by atoms with van der Waals surface area (Å²) in [7, 11) is 0. The summed E-state index contributed by atoms with van der Waals surface area (Å²) in [5.74, 6) is 0. The van der Waals surface area contributed by atoms with E-state index in [2.05, 4.69) is 4.98 Å². The van der Waals surface area contributed by atoms with E-state index in [-0.39, 0.29) is 0 Å². The average molecular weight is 193 g/mol. The molecule has 0 amide bonds. The van der Waals surface area contributed by atoms with Gasteiger partial charge in [-0.1, -0.05) is 0 Å². The van der Waals surface area contributed by atoms with Crippen molar-refractivity contribution in [2.75, 3.05) is 5.06 Å². The maximum absolute atomic E-state index is 9.20. The number of fused-ring (bicyclic) bond motifs is 1. The summed E-state index contributed by atoms with van der Waals surface area (Å²) in [6.45, 7) is 0. The van der Waals surface area contributed by atoms with Gasteiger partial charge in [0.1, 0.15) is 6.34 Å². The molecule has 2 N–H and O–H groups in total. The number of anilines is 1. The van der Waals surface area contributed by atoms with Crippen LogP contribution in [0.2, 0.25) is 0 Å². The Morgan fingerprint density at radius 2 is 2.38 bits per heavy atom. The minimum absolute atomic E-state index is 0.576. The lowest BCUT2D eigenvalue weighted by atomic mass is 10.3. The van der Waals surface area contributed by atoms with Crippen molar-refractivity contribution in [2.45, 2.75) is 0 Å². The molecule has 5 heteroatoms. The van der Waals surface area contributed by atoms with Crippen molar-refractivity contribution < 1.29 is 5.21 Å². The van der Waals surface area contributed by atoms with Gasteiger partial charge in [0, 0.05) is 0 Å². The highest BCUT2D eigenvalue weighted by atomic mass is 32.1. The number of thiazole rings is 1. The van der Waals surface area contributed by atoms with Crippen LogP contribution in [0.15, 0.2) is 23.7 Å². The maximum Gasteiger partial charge on any atom is 0.113 e. The van der Waals surface area contributed by atoms with E-state index in [0.29, 0.717) is 5.69 Å². The minimum Gasteiger partial charge on any atom is -0.289 e. The predicted molar refractivity (Wildman–Crippen MR) is 52.7 cm³/mol. The van der Waals surface area contributed by atoms with E-state index in [1.54, 1.807) is 17.6 Å². The number of benzene rings is 1. The smallest absolute Gasteiger partial charge is 0.113 e. The molecule has 0 unspecified atom stereocenters. The van der Waals surface area contributed by atoms with E-state index in [4.69, 9.17) is 5.41 Å². The van der Waals surface area contributed by atoms with Gasteiger partial charge in [0.2, 0.25) is 0 Å². The normalized spacial score (nSPS) is 10.2. The minimum atomic E-state index is 0.576. The third kappa shape index (κ3) is 1.39. The molecule has 0 atom stereocenters. The molecule has 66 valence electrons. The summed E-state index contributed by atoms with van der Waals surface area (Å²) in [4.78, 5) is 4.11. The number of aromatic nitrogens is 1. The van der Waals surface area contributed by atoms with Crippen molar-refractivity contribution >= 4 is 33.6 Å². The maximum atomic E-state index is 9.20. The zero-order chi connectivity index (χ0) is 9.26. The van der Waals surface area contributed by atoms with E-state index < -0.39 is 0 Å². The van der Waals surface area contributed by atoms with Crippen LogP contribution in [0.25, 0.3) is 10.2 Å². The highest BCUT2D eigenvalue weighted by molar-refractivity contribution is 7.16. The van der Waals surface area contributed by atoms with Gasteiger partial charge in [0.05, 0.1) is 21.4 Å². The second-order valence-corrected chi connectivity index (χ2v) is 3.36. The number of nitrogens with one attached hydrogen (secondary N) is 1. The Morgan fingerprint density at radius 3 is 3.15 bits per heavy atom. The summed E-state index contributed by atoms with van der Waals surface area (Å²) in [6, 6.07) is 5.32. The van der Waals surface area contributed by atoms with Crippen molar-refractivity contribution in [1.29, 1.82) is 5.41 Å². The van der Waals surface area contributed by atoms with Gasteiger partial charge in [0.25, 0.3) is 0 Å². The van der Waals surface area contributed by atoms with Crippen molar-refractivity contribution in [1.82, 2.24) is 4.98 Å². The number of rotatable bonds is 2. The summed E-state index contributed by atoms with van der Waals surface area (Å²) >= 11 is 1.51. The molecule has 0 spiro atoms. The molecule has 2 rings (SSSR count). The van der Waals surface area contributed by atoms with Crippen LogP contribution in [0, 0.1) is 5.41 Å². The number of hydrogen-bond donors (Lipinski definition) is 2. The Kier molecular flexibility index (Phi) is 1.96. The van der Waals surface area contributed by atoms with Crippen LogP contribution in [0.4, 0.5) is 5.69 Å². The Balaban J connectivity index is 2.53. The largest absolute Gasteiger partial charge is 0.289 e. The van der Waals surface area contributed by atoms with E-state index in [1.165, 1.54) is 11.3 Å². The standard InChI is InChI=1S/C8H7N3OS/c9-4-11(12)6-1-2-7-8(3-6)13-5-10-7/h1-5,9,12H. The Hall–Kier alpha value is -1.46. The predicted octanol–water partition coefficient (Wildman–Crippen LogP) is 2.10. The second-order valence-electron chi connectivity index (χ2n) is 2.48. The van der Waals surface area contributed by atoms with Crippen molar-refractivity contribution in [3.8, 4) is 0 Å². The molecule has 0 aliphatic rings. The first-order valence-electron chi connectivity index (χ1n) is 3.63. The molecule has 0 bridgehead atoms. The quantitative estimate of drug-likeness (QED) is 0.436. The summed E-state index contributed by atoms with van der Waals surface area (Å²) < 4.78 is 0.999. The fourth-order valence-corrected chi connectivity index (χ4v) is 1.77. The summed E-state index contributed by atoms with van der Waals surface area (Å²) in [5.41, 5.74) is 3.24. The molecule has 13 heavy (non-hydrogen) atoms. The number of hydrogen-bond acceptors (Lipinski definition) is 4. The first-order chi connectivity index (χ1) is 6.31. The van der Waals surface area contributed by atoms with Gasteiger partial charge in [-0.05, 0) is 18.2 Å². The van der Waals surface area contributed by atoms with Gasteiger partial charge in [-0.2, -0.15) is 0 Å². The van der Waals surface area contributed by atoms with Gasteiger partial charge in [-0.25, -0.2) is 10.0 Å². The van der Waals surface area contributed by atoms with Crippen molar-refractivity contribution in [2.24, 2.45) is 0 Å². The van der Waals surface area contributed by atoms with E-state index >= 15 is 0 Å². The molecule has 0 aliphatic carbocycles. The molecule has 0 radical (unpaired) electrons. The number of nitrogens with zero attached hydrogens (tertiary/aromatic N) is 2. The lowest BCUT2D eigenvalue weighted by molar-refractivity contribution is 0.316. The molecule has 0 saturated carbocycles. The van der Waals surface area contributed by atoms with Gasteiger partial charge in [-0.15, -0.1) is 11.3 Å². The van der Waals surface area contributed by atoms with Crippen LogP contribution >= 0.6 is 11.3 Å². The van der Waals surface area contributed by atoms with E-state index in [1.807, 2.05) is 6.07 Å². The highest BCUT2D eigenvalue weighted by Crippen LogP contribution is 2.22. The molecule has 1 aromatic carbocycles. The summed E-state index contributed by atoms with van der Waals surface area (Å²) in [5, 5.41) is 16.8. The lowest BCUT2D eigenvalue weighted by Gasteiger charge is -2.08. The van der Waals surface area contributed by atoms with E-state index in [0.717, 1.165) is 21.6 Å². The van der Waals surface area contributed by atoms with Crippen molar-refractivity contribution in [3.05, 3.63) is 23.7 Å². The van der Waals surface area contributed by atoms with Crippen LogP contribution in [0.3, 0.4) is 0 Å². The monoisotopic (exact) mass is 193 g/mol. The van der Waals surface area contributed by atoms with Crippen LogP contribution in [-0.4, -0.2) is 16.5 Å². The molecule has 0 saturated heterocycles. The van der Waals surface area contributed by atoms with Crippen LogP contribution in [0.1, 0.15) is 0 Å². The fourth-order valence-electron chi connectivity index (χ4n) is 1.06. The number of hydroxylamine groups is 1. The first-order valence-corrected chi connectivity index (χ1v) is 4.51. The SMILES string of the molecule is N=CN(O)c1ccc2ncsc2c1. The molecular formula is C8H7N3OS. The lowest BCUT2D eigenvalue weighted by Crippen LogP contribution is -2.13. The third-order valence-corrected chi connectivity index (χ3v) is 2.49. The zero-order valence-electron chi connectivity index (χ0n) is 6.64. The first kappa shape index (κ1) is 8.15. The molecule has 2 aromatic rings. The Labute approximate surface area is 78.5 Å². The van der Waals surface area contributed by atoms with E-state index in [9.17, 15) is 5.21 Å². The fraction of sp³-hybridized carbons (Fsp3) is 0.